The highest BCUT2D eigenvalue weighted by Crippen LogP contribution is 2.27. The first-order valence-corrected chi connectivity index (χ1v) is 9.30. The Balaban J connectivity index is 1.51. The third-order valence-electron chi connectivity index (χ3n) is 4.56. The highest BCUT2D eigenvalue weighted by atomic mass is 32.1. The predicted octanol–water partition coefficient (Wildman–Crippen LogP) is 3.33. The van der Waals surface area contributed by atoms with Crippen LogP contribution in [0.2, 0.25) is 0 Å². The first kappa shape index (κ1) is 17.4. The van der Waals surface area contributed by atoms with E-state index in [1.165, 1.54) is 10.9 Å². The van der Waals surface area contributed by atoms with Crippen molar-refractivity contribution in [2.75, 3.05) is 24.5 Å². The summed E-state index contributed by atoms with van der Waals surface area (Å²) in [5, 5.41) is 14.2. The third kappa shape index (κ3) is 4.18. The first-order chi connectivity index (χ1) is 12.2. The van der Waals surface area contributed by atoms with Gasteiger partial charge in [-0.2, -0.15) is 5.26 Å². The van der Waals surface area contributed by atoms with Gasteiger partial charge in [-0.25, -0.2) is 4.39 Å². The minimum Gasteiger partial charge on any atom is -0.370 e. The van der Waals surface area contributed by atoms with Crippen LogP contribution in [0, 0.1) is 23.1 Å². The van der Waals surface area contributed by atoms with E-state index >= 15 is 0 Å². The van der Waals surface area contributed by atoms with Crippen molar-refractivity contribution in [2.24, 2.45) is 5.92 Å². The van der Waals surface area contributed by atoms with E-state index in [9.17, 15) is 9.18 Å². The van der Waals surface area contributed by atoms with Crippen LogP contribution >= 0.6 is 11.3 Å². The summed E-state index contributed by atoms with van der Waals surface area (Å²) in [6, 6.07) is 10.7. The van der Waals surface area contributed by atoms with Crippen molar-refractivity contribution >= 4 is 22.9 Å². The number of amides is 1. The zero-order chi connectivity index (χ0) is 17.6. The summed E-state index contributed by atoms with van der Waals surface area (Å²) in [4.78, 5) is 15.6. The standard InChI is InChI=1S/C19H20FN3OS/c20-17-4-1-5-18(16(17)13-21)23-10-7-14(8-11-23)19(24)22-9-6-15-3-2-12-25-15/h1-5,12,14H,6-11H2,(H,22,24). The van der Waals surface area contributed by atoms with Crippen LogP contribution in [-0.4, -0.2) is 25.5 Å². The Morgan fingerprint density at radius 3 is 2.80 bits per heavy atom. The lowest BCUT2D eigenvalue weighted by Gasteiger charge is -2.33. The molecule has 1 amide bonds. The molecule has 0 spiro atoms. The molecule has 0 unspecified atom stereocenters. The van der Waals surface area contributed by atoms with Gasteiger partial charge in [0.15, 0.2) is 0 Å². The van der Waals surface area contributed by atoms with Gasteiger partial charge in [-0.15, -0.1) is 11.3 Å². The molecule has 0 aliphatic carbocycles. The van der Waals surface area contributed by atoms with Gasteiger partial charge in [0.05, 0.1) is 5.69 Å². The van der Waals surface area contributed by atoms with E-state index in [4.69, 9.17) is 5.26 Å². The number of nitrogens with zero attached hydrogens (tertiary/aromatic N) is 2. The maximum Gasteiger partial charge on any atom is 0.223 e. The van der Waals surface area contributed by atoms with Crippen molar-refractivity contribution in [2.45, 2.75) is 19.3 Å². The highest BCUT2D eigenvalue weighted by Gasteiger charge is 2.26. The number of carbonyl (C=O) groups is 1. The van der Waals surface area contributed by atoms with Crippen molar-refractivity contribution in [1.82, 2.24) is 5.32 Å². The summed E-state index contributed by atoms with van der Waals surface area (Å²) < 4.78 is 13.8. The molecule has 130 valence electrons. The molecule has 25 heavy (non-hydrogen) atoms. The molecule has 0 atom stereocenters. The molecule has 1 aliphatic heterocycles. The number of nitriles is 1. The molecule has 3 rings (SSSR count). The predicted molar refractivity (Wildman–Crippen MR) is 97.1 cm³/mol. The maximum atomic E-state index is 13.8. The third-order valence-corrected chi connectivity index (χ3v) is 5.50. The molecule has 4 nitrogen and oxygen atoms in total. The minimum atomic E-state index is -0.492. The lowest BCUT2D eigenvalue weighted by Crippen LogP contribution is -2.41. The topological polar surface area (TPSA) is 56.1 Å². The molecule has 1 fully saturated rings. The molecule has 1 aliphatic rings. The summed E-state index contributed by atoms with van der Waals surface area (Å²) in [7, 11) is 0. The lowest BCUT2D eigenvalue weighted by molar-refractivity contribution is -0.125. The minimum absolute atomic E-state index is 0.0151. The van der Waals surface area contributed by atoms with E-state index in [-0.39, 0.29) is 17.4 Å². The van der Waals surface area contributed by atoms with Crippen LogP contribution in [0.4, 0.5) is 10.1 Å². The quantitative estimate of drug-likeness (QED) is 0.893. The van der Waals surface area contributed by atoms with Crippen LogP contribution in [0.3, 0.4) is 0 Å². The van der Waals surface area contributed by atoms with Crippen molar-refractivity contribution in [3.05, 3.63) is 52.0 Å². The zero-order valence-electron chi connectivity index (χ0n) is 13.9. The van der Waals surface area contributed by atoms with E-state index < -0.39 is 5.82 Å². The van der Waals surface area contributed by atoms with E-state index in [0.29, 0.717) is 38.2 Å². The average Bonchev–Trinajstić information content (AvgIpc) is 3.15. The Morgan fingerprint density at radius 2 is 2.12 bits per heavy atom. The molecule has 2 aromatic rings. The van der Waals surface area contributed by atoms with Crippen molar-refractivity contribution in [3.8, 4) is 6.07 Å². The fourth-order valence-corrected chi connectivity index (χ4v) is 3.89. The maximum absolute atomic E-state index is 13.8. The zero-order valence-corrected chi connectivity index (χ0v) is 14.7. The Hall–Kier alpha value is -2.39. The van der Waals surface area contributed by atoms with Crippen LogP contribution in [0.1, 0.15) is 23.3 Å². The molecule has 0 radical (unpaired) electrons. The van der Waals surface area contributed by atoms with E-state index in [1.807, 2.05) is 22.4 Å². The number of piperidine rings is 1. The number of nitrogens with one attached hydrogen (secondary N) is 1. The molecule has 1 aromatic carbocycles. The van der Waals surface area contributed by atoms with Gasteiger partial charge in [-0.3, -0.25) is 4.79 Å². The van der Waals surface area contributed by atoms with Crippen LogP contribution < -0.4 is 10.2 Å². The average molecular weight is 357 g/mol. The van der Waals surface area contributed by atoms with Crippen molar-refractivity contribution in [3.63, 3.8) is 0 Å². The van der Waals surface area contributed by atoms with E-state index in [1.54, 1.807) is 23.5 Å². The highest BCUT2D eigenvalue weighted by molar-refractivity contribution is 7.09. The molecular formula is C19H20FN3OS. The number of benzene rings is 1. The molecule has 2 heterocycles. The summed E-state index contributed by atoms with van der Waals surface area (Å²) in [6.45, 7) is 1.96. The second-order valence-corrected chi connectivity index (χ2v) is 7.16. The van der Waals surface area contributed by atoms with Gasteiger partial charge in [-0.1, -0.05) is 12.1 Å². The van der Waals surface area contributed by atoms with Crippen LogP contribution in [0.15, 0.2) is 35.7 Å². The summed E-state index contributed by atoms with van der Waals surface area (Å²) in [6.07, 6.45) is 2.29. The van der Waals surface area contributed by atoms with Crippen molar-refractivity contribution < 1.29 is 9.18 Å². The second-order valence-electron chi connectivity index (χ2n) is 6.13. The van der Waals surface area contributed by atoms with Gasteiger partial charge in [0.1, 0.15) is 17.4 Å². The number of halogens is 1. The number of rotatable bonds is 5. The number of hydrogen-bond donors (Lipinski definition) is 1. The smallest absolute Gasteiger partial charge is 0.223 e. The monoisotopic (exact) mass is 357 g/mol. The van der Waals surface area contributed by atoms with Crippen LogP contribution in [-0.2, 0) is 11.2 Å². The Kier molecular flexibility index (Phi) is 5.67. The fourth-order valence-electron chi connectivity index (χ4n) is 3.18. The van der Waals surface area contributed by atoms with E-state index in [2.05, 4.69) is 11.4 Å². The van der Waals surface area contributed by atoms with Crippen LogP contribution in [0.25, 0.3) is 0 Å². The molecular weight excluding hydrogens is 337 g/mol. The first-order valence-electron chi connectivity index (χ1n) is 8.42. The molecule has 1 N–H and O–H groups in total. The van der Waals surface area contributed by atoms with E-state index in [0.717, 1.165) is 6.42 Å². The normalized spacial score (nSPS) is 15.0. The summed E-state index contributed by atoms with van der Waals surface area (Å²) >= 11 is 1.70. The number of hydrogen-bond acceptors (Lipinski definition) is 4. The largest absolute Gasteiger partial charge is 0.370 e. The van der Waals surface area contributed by atoms with Gasteiger partial charge in [0.25, 0.3) is 0 Å². The molecule has 1 saturated heterocycles. The lowest BCUT2D eigenvalue weighted by atomic mass is 9.95. The number of anilines is 1. The SMILES string of the molecule is N#Cc1c(F)cccc1N1CCC(C(=O)NCCc2cccs2)CC1. The number of thiophene rings is 1. The number of carbonyl (C=O) groups excluding carboxylic acids is 1. The van der Waals surface area contributed by atoms with Crippen LogP contribution in [0.5, 0.6) is 0 Å². The Bertz CT molecular complexity index is 761. The summed E-state index contributed by atoms with van der Waals surface area (Å²) in [5.74, 6) is -0.414. The van der Waals surface area contributed by atoms with Gasteiger partial charge in [-0.05, 0) is 42.8 Å². The van der Waals surface area contributed by atoms with Gasteiger partial charge in [0.2, 0.25) is 5.91 Å². The fraction of sp³-hybridized carbons (Fsp3) is 0.368. The Labute approximate surface area is 150 Å². The molecule has 0 saturated carbocycles. The van der Waals surface area contributed by atoms with Gasteiger partial charge >= 0.3 is 0 Å². The molecule has 6 heteroatoms. The molecule has 0 bridgehead atoms. The summed E-state index contributed by atoms with van der Waals surface area (Å²) in [5.41, 5.74) is 0.709. The second kappa shape index (κ2) is 8.13. The Morgan fingerprint density at radius 1 is 1.32 bits per heavy atom. The van der Waals surface area contributed by atoms with Gasteiger partial charge < -0.3 is 10.2 Å². The molecule has 1 aromatic heterocycles. The van der Waals surface area contributed by atoms with Crippen molar-refractivity contribution in [1.29, 1.82) is 5.26 Å². The van der Waals surface area contributed by atoms with Gasteiger partial charge in [0, 0.05) is 30.4 Å².